The first-order valence-corrected chi connectivity index (χ1v) is 7.48. The number of likely N-dealkylation sites (tertiary alicyclic amines) is 1. The minimum atomic E-state index is -1.13. The molecule has 7 heteroatoms. The molecule has 0 spiro atoms. The Kier molecular flexibility index (Phi) is 3.61. The Labute approximate surface area is 122 Å². The minimum Gasteiger partial charge on any atom is -0.481 e. The second-order valence-electron chi connectivity index (χ2n) is 6.35. The molecule has 2 bridgehead atoms. The number of carbonyl (C=O) groups is 3. The third-order valence-corrected chi connectivity index (χ3v) is 5.18. The van der Waals surface area contributed by atoms with Gasteiger partial charge in [0.05, 0.1) is 17.8 Å². The monoisotopic (exact) mass is 296 g/mol. The van der Waals surface area contributed by atoms with E-state index in [9.17, 15) is 19.5 Å². The predicted octanol–water partition coefficient (Wildman–Crippen LogP) is -0.239. The molecule has 3 rings (SSSR count). The van der Waals surface area contributed by atoms with Gasteiger partial charge in [0.15, 0.2) is 0 Å². The molecule has 21 heavy (non-hydrogen) atoms. The number of fused-ring (bicyclic) bond motifs is 2. The van der Waals surface area contributed by atoms with Gasteiger partial charge < -0.3 is 20.4 Å². The summed E-state index contributed by atoms with van der Waals surface area (Å²) in [6, 6.07) is 0.624. The molecule has 3 aliphatic rings. The molecule has 1 amide bonds. The number of piperidine rings is 1. The molecule has 0 radical (unpaired) electrons. The van der Waals surface area contributed by atoms with Gasteiger partial charge in [-0.2, -0.15) is 0 Å². The van der Waals surface area contributed by atoms with Gasteiger partial charge in [-0.3, -0.25) is 14.4 Å². The molecule has 0 aromatic carbocycles. The Hall–Kier alpha value is -1.63. The Morgan fingerprint density at radius 3 is 2.19 bits per heavy atom. The van der Waals surface area contributed by atoms with E-state index in [0.29, 0.717) is 12.6 Å². The van der Waals surface area contributed by atoms with Crippen LogP contribution in [0.3, 0.4) is 0 Å². The summed E-state index contributed by atoms with van der Waals surface area (Å²) in [4.78, 5) is 36.5. The predicted molar refractivity (Wildman–Crippen MR) is 71.5 cm³/mol. The summed E-state index contributed by atoms with van der Waals surface area (Å²) in [5.74, 6) is -4.21. The van der Waals surface area contributed by atoms with Gasteiger partial charge in [0.2, 0.25) is 5.91 Å². The molecule has 3 saturated heterocycles. The van der Waals surface area contributed by atoms with Crippen LogP contribution in [0.15, 0.2) is 0 Å². The average molecular weight is 296 g/mol. The van der Waals surface area contributed by atoms with Crippen LogP contribution in [0.4, 0.5) is 0 Å². The van der Waals surface area contributed by atoms with Crippen molar-refractivity contribution < 1.29 is 24.6 Å². The molecule has 0 aromatic heterocycles. The van der Waals surface area contributed by atoms with Crippen LogP contribution in [-0.4, -0.2) is 58.1 Å². The number of hydrogen-bond donors (Lipinski definition) is 3. The zero-order chi connectivity index (χ0) is 15.1. The summed E-state index contributed by atoms with van der Waals surface area (Å²) in [5, 5.41) is 21.7. The standard InChI is InChI=1S/C14H20N2O5/c17-12(9-5-7-1-2-11(9)15-7)16-4-3-8(13(18)19)10(6-16)14(20)21/h7-11,15H,1-6H2,(H,18,19)(H,20,21). The van der Waals surface area contributed by atoms with Gasteiger partial charge in [-0.1, -0.05) is 0 Å². The van der Waals surface area contributed by atoms with Crippen molar-refractivity contribution in [1.29, 1.82) is 0 Å². The first-order valence-electron chi connectivity index (χ1n) is 7.48. The van der Waals surface area contributed by atoms with E-state index < -0.39 is 23.8 Å². The molecule has 3 fully saturated rings. The maximum Gasteiger partial charge on any atom is 0.309 e. The first kappa shape index (κ1) is 14.3. The lowest BCUT2D eigenvalue weighted by Crippen LogP contribution is -2.51. The Morgan fingerprint density at radius 1 is 0.952 bits per heavy atom. The SMILES string of the molecule is O=C(O)C1CCN(C(=O)C2CC3CCC2N3)CC1C(=O)O. The van der Waals surface area contributed by atoms with E-state index in [2.05, 4.69) is 5.32 Å². The Bertz CT molecular complexity index is 480. The van der Waals surface area contributed by atoms with Crippen molar-refractivity contribution in [1.82, 2.24) is 10.2 Å². The molecule has 0 aromatic rings. The van der Waals surface area contributed by atoms with Crippen LogP contribution in [0.2, 0.25) is 0 Å². The fourth-order valence-electron chi connectivity index (χ4n) is 4.03. The highest BCUT2D eigenvalue weighted by Gasteiger charge is 2.47. The highest BCUT2D eigenvalue weighted by atomic mass is 16.4. The smallest absolute Gasteiger partial charge is 0.309 e. The minimum absolute atomic E-state index is 0.00945. The summed E-state index contributed by atoms with van der Waals surface area (Å²) in [6.45, 7) is 0.354. The second-order valence-corrected chi connectivity index (χ2v) is 6.35. The first-order chi connectivity index (χ1) is 9.97. The van der Waals surface area contributed by atoms with Crippen LogP contribution < -0.4 is 5.32 Å². The van der Waals surface area contributed by atoms with Crippen LogP contribution >= 0.6 is 0 Å². The fourth-order valence-corrected chi connectivity index (χ4v) is 4.03. The maximum absolute atomic E-state index is 12.6. The van der Waals surface area contributed by atoms with Gasteiger partial charge in [-0.25, -0.2) is 0 Å². The quantitative estimate of drug-likeness (QED) is 0.663. The number of hydrogen-bond acceptors (Lipinski definition) is 4. The summed E-state index contributed by atoms with van der Waals surface area (Å²) < 4.78 is 0. The van der Waals surface area contributed by atoms with Crippen LogP contribution in [0.5, 0.6) is 0 Å². The molecule has 5 unspecified atom stereocenters. The lowest BCUT2D eigenvalue weighted by atomic mass is 9.83. The Balaban J connectivity index is 1.68. The summed E-state index contributed by atoms with van der Waals surface area (Å²) in [5.41, 5.74) is 0. The number of carboxylic acid groups (broad SMARTS) is 2. The Morgan fingerprint density at radius 2 is 1.67 bits per heavy atom. The number of amides is 1. The molecule has 7 nitrogen and oxygen atoms in total. The zero-order valence-electron chi connectivity index (χ0n) is 11.7. The van der Waals surface area contributed by atoms with Crippen LogP contribution in [0, 0.1) is 17.8 Å². The van der Waals surface area contributed by atoms with E-state index in [4.69, 9.17) is 5.11 Å². The second kappa shape index (κ2) is 5.29. The third kappa shape index (κ3) is 2.50. The van der Waals surface area contributed by atoms with E-state index >= 15 is 0 Å². The van der Waals surface area contributed by atoms with Gasteiger partial charge in [-0.15, -0.1) is 0 Å². The van der Waals surface area contributed by atoms with E-state index in [1.54, 1.807) is 4.90 Å². The van der Waals surface area contributed by atoms with Gasteiger partial charge in [0.1, 0.15) is 0 Å². The van der Waals surface area contributed by atoms with Crippen molar-refractivity contribution in [3.8, 4) is 0 Å². The molecule has 0 saturated carbocycles. The highest BCUT2D eigenvalue weighted by Crippen LogP contribution is 2.35. The highest BCUT2D eigenvalue weighted by molar-refractivity contribution is 5.84. The van der Waals surface area contributed by atoms with Gasteiger partial charge >= 0.3 is 11.9 Å². The summed E-state index contributed by atoms with van der Waals surface area (Å²) in [6.07, 6.45) is 3.13. The molecule has 5 atom stereocenters. The number of carboxylic acids is 2. The summed E-state index contributed by atoms with van der Waals surface area (Å²) in [7, 11) is 0. The van der Waals surface area contributed by atoms with Crippen molar-refractivity contribution >= 4 is 17.8 Å². The largest absolute Gasteiger partial charge is 0.481 e. The third-order valence-electron chi connectivity index (χ3n) is 5.18. The molecule has 3 N–H and O–H groups in total. The lowest BCUT2D eigenvalue weighted by molar-refractivity contribution is -0.159. The topological polar surface area (TPSA) is 107 Å². The van der Waals surface area contributed by atoms with Crippen molar-refractivity contribution in [2.75, 3.05) is 13.1 Å². The number of carbonyl (C=O) groups excluding carboxylic acids is 1. The van der Waals surface area contributed by atoms with Crippen LogP contribution in [0.25, 0.3) is 0 Å². The number of aliphatic carboxylic acids is 2. The lowest BCUT2D eigenvalue weighted by Gasteiger charge is -2.37. The van der Waals surface area contributed by atoms with E-state index in [-0.39, 0.29) is 30.8 Å². The van der Waals surface area contributed by atoms with Gasteiger partial charge in [-0.05, 0) is 25.7 Å². The number of nitrogens with zero attached hydrogens (tertiary/aromatic N) is 1. The fraction of sp³-hybridized carbons (Fsp3) is 0.786. The van der Waals surface area contributed by atoms with Crippen molar-refractivity contribution in [2.45, 2.75) is 37.8 Å². The van der Waals surface area contributed by atoms with Crippen LogP contribution in [0.1, 0.15) is 25.7 Å². The number of rotatable bonds is 3. The normalized spacial score (nSPS) is 38.5. The number of nitrogens with one attached hydrogen (secondary N) is 1. The summed E-state index contributed by atoms with van der Waals surface area (Å²) >= 11 is 0. The molecule has 0 aliphatic carbocycles. The molecular formula is C14H20N2O5. The van der Waals surface area contributed by atoms with E-state index in [1.165, 1.54) is 0 Å². The molecule has 116 valence electrons. The average Bonchev–Trinajstić information content (AvgIpc) is 3.08. The van der Waals surface area contributed by atoms with E-state index in [0.717, 1.165) is 19.3 Å². The van der Waals surface area contributed by atoms with Gasteiger partial charge in [0.25, 0.3) is 0 Å². The van der Waals surface area contributed by atoms with Crippen molar-refractivity contribution in [3.05, 3.63) is 0 Å². The molecule has 3 aliphatic heterocycles. The molecule has 3 heterocycles. The van der Waals surface area contributed by atoms with Crippen molar-refractivity contribution in [2.24, 2.45) is 17.8 Å². The maximum atomic E-state index is 12.6. The van der Waals surface area contributed by atoms with Gasteiger partial charge in [0, 0.05) is 25.2 Å². The zero-order valence-corrected chi connectivity index (χ0v) is 11.7. The van der Waals surface area contributed by atoms with Crippen LogP contribution in [-0.2, 0) is 14.4 Å². The van der Waals surface area contributed by atoms with E-state index in [1.807, 2.05) is 0 Å². The molecular weight excluding hydrogens is 276 g/mol. The van der Waals surface area contributed by atoms with Crippen molar-refractivity contribution in [3.63, 3.8) is 0 Å².